The molecule has 0 aliphatic rings. The lowest BCUT2D eigenvalue weighted by Gasteiger charge is -2.21. The Labute approximate surface area is 196 Å². The lowest BCUT2D eigenvalue weighted by Crippen LogP contribution is -2.31. The number of carbonyl (C=O) groups excluding carboxylic acids is 1. The second-order valence-corrected chi connectivity index (χ2v) is 9.52. The van der Waals surface area contributed by atoms with Crippen molar-refractivity contribution in [3.8, 4) is 0 Å². The van der Waals surface area contributed by atoms with Gasteiger partial charge in [0.1, 0.15) is 5.82 Å². The van der Waals surface area contributed by atoms with Crippen LogP contribution in [-0.4, -0.2) is 42.5 Å². The van der Waals surface area contributed by atoms with Crippen molar-refractivity contribution in [2.45, 2.75) is 17.5 Å². The van der Waals surface area contributed by atoms with Crippen molar-refractivity contribution in [3.63, 3.8) is 0 Å². The van der Waals surface area contributed by atoms with Crippen molar-refractivity contribution in [1.82, 2.24) is 19.3 Å². The normalized spacial score (nSPS) is 12.7. The number of imidazole rings is 1. The van der Waals surface area contributed by atoms with E-state index in [1.807, 2.05) is 28.8 Å². The molecule has 34 heavy (non-hydrogen) atoms. The molecule has 10 heteroatoms. The Bertz CT molecular complexity index is 1400. The molecule has 0 saturated carbocycles. The molecule has 0 aliphatic carbocycles. The van der Waals surface area contributed by atoms with Crippen LogP contribution in [0.3, 0.4) is 0 Å². The summed E-state index contributed by atoms with van der Waals surface area (Å²) in [5, 5.41) is 2.97. The van der Waals surface area contributed by atoms with E-state index in [4.69, 9.17) is 4.84 Å². The van der Waals surface area contributed by atoms with Gasteiger partial charge in [-0.1, -0.05) is 28.7 Å². The van der Waals surface area contributed by atoms with Crippen LogP contribution in [0.5, 0.6) is 0 Å². The number of fused-ring (bicyclic) bond motifs is 1. The molecular weight excluding hydrogens is 459 g/mol. The second-order valence-electron chi connectivity index (χ2n) is 7.58. The number of hydroxylamine groups is 1. The van der Waals surface area contributed by atoms with Gasteiger partial charge in [0.15, 0.2) is 0 Å². The van der Waals surface area contributed by atoms with Gasteiger partial charge < -0.3 is 9.88 Å². The monoisotopic (exact) mass is 482 g/mol. The Morgan fingerprint density at radius 1 is 1.09 bits per heavy atom. The number of carbonyl (C=O) groups is 1. The van der Waals surface area contributed by atoms with Crippen molar-refractivity contribution in [1.29, 1.82) is 0 Å². The predicted octanol–water partition coefficient (Wildman–Crippen LogP) is 3.53. The minimum absolute atomic E-state index is 0.00614. The standard InChI is InChI=1S/C24H23FN4O4S/c1-28(33-2)34(31,32)20-13-9-18(10-14-20)24(30)27-22(17-7-11-19(25)12-8-17)15-29-16-26-21-5-3-4-6-23(21)29/h3-14,16,22H,15H2,1-2H3,(H,27,30). The fraction of sp³-hybridized carbons (Fsp3) is 0.167. The summed E-state index contributed by atoms with van der Waals surface area (Å²) in [4.78, 5) is 22.2. The van der Waals surface area contributed by atoms with E-state index in [9.17, 15) is 17.6 Å². The van der Waals surface area contributed by atoms with Crippen molar-refractivity contribution in [2.24, 2.45) is 0 Å². The number of benzene rings is 3. The first kappa shape index (κ1) is 23.6. The van der Waals surface area contributed by atoms with Crippen LogP contribution < -0.4 is 5.32 Å². The van der Waals surface area contributed by atoms with Gasteiger partial charge in [-0.15, -0.1) is 0 Å². The molecule has 0 spiro atoms. The summed E-state index contributed by atoms with van der Waals surface area (Å²) in [6.07, 6.45) is 1.69. The number of hydrogen-bond acceptors (Lipinski definition) is 5. The van der Waals surface area contributed by atoms with Gasteiger partial charge in [0.25, 0.3) is 15.9 Å². The van der Waals surface area contributed by atoms with Crippen LogP contribution >= 0.6 is 0 Å². The molecule has 0 aliphatic heterocycles. The van der Waals surface area contributed by atoms with E-state index >= 15 is 0 Å². The molecule has 0 radical (unpaired) electrons. The minimum atomic E-state index is -3.82. The van der Waals surface area contributed by atoms with E-state index in [-0.39, 0.29) is 16.3 Å². The summed E-state index contributed by atoms with van der Waals surface area (Å²) < 4.78 is 40.9. The molecule has 3 aromatic carbocycles. The summed E-state index contributed by atoms with van der Waals surface area (Å²) >= 11 is 0. The van der Waals surface area contributed by atoms with E-state index in [1.165, 1.54) is 50.6 Å². The highest BCUT2D eigenvalue weighted by molar-refractivity contribution is 7.89. The number of rotatable bonds is 8. The van der Waals surface area contributed by atoms with Gasteiger partial charge >= 0.3 is 0 Å². The van der Waals surface area contributed by atoms with Crippen LogP contribution in [0.4, 0.5) is 4.39 Å². The quantitative estimate of drug-likeness (QED) is 0.388. The largest absolute Gasteiger partial charge is 0.343 e. The average molecular weight is 483 g/mol. The van der Waals surface area contributed by atoms with Crippen LogP contribution in [-0.2, 0) is 21.4 Å². The van der Waals surface area contributed by atoms with E-state index in [1.54, 1.807) is 18.5 Å². The Balaban J connectivity index is 1.60. The number of hydrogen-bond donors (Lipinski definition) is 1. The van der Waals surface area contributed by atoms with Crippen LogP contribution in [0.1, 0.15) is 22.0 Å². The maximum absolute atomic E-state index is 13.5. The smallest absolute Gasteiger partial charge is 0.264 e. The minimum Gasteiger partial charge on any atom is -0.343 e. The van der Waals surface area contributed by atoms with Crippen molar-refractivity contribution in [3.05, 3.63) is 96.1 Å². The summed E-state index contributed by atoms with van der Waals surface area (Å²) in [7, 11) is -1.29. The highest BCUT2D eigenvalue weighted by atomic mass is 32.2. The second kappa shape index (κ2) is 9.72. The number of halogens is 1. The third kappa shape index (κ3) is 4.84. The van der Waals surface area contributed by atoms with Crippen LogP contribution in [0.25, 0.3) is 11.0 Å². The number of amides is 1. The van der Waals surface area contributed by atoms with Gasteiger partial charge in [-0.25, -0.2) is 17.8 Å². The van der Waals surface area contributed by atoms with Crippen LogP contribution in [0, 0.1) is 5.82 Å². The molecule has 0 saturated heterocycles. The van der Waals surface area contributed by atoms with Crippen molar-refractivity contribution < 1.29 is 22.4 Å². The highest BCUT2D eigenvalue weighted by Crippen LogP contribution is 2.21. The lowest BCUT2D eigenvalue weighted by atomic mass is 10.1. The number of para-hydroxylation sites is 2. The van der Waals surface area contributed by atoms with E-state index in [0.29, 0.717) is 12.1 Å². The zero-order valence-electron chi connectivity index (χ0n) is 18.6. The van der Waals surface area contributed by atoms with Gasteiger partial charge in [0, 0.05) is 19.2 Å². The van der Waals surface area contributed by atoms with Crippen molar-refractivity contribution in [2.75, 3.05) is 14.2 Å². The first-order valence-corrected chi connectivity index (χ1v) is 11.8. The summed E-state index contributed by atoms with van der Waals surface area (Å²) in [6, 6.07) is 18.6. The Kier molecular flexibility index (Phi) is 6.73. The van der Waals surface area contributed by atoms with Gasteiger partial charge in [-0.05, 0) is 54.1 Å². The van der Waals surface area contributed by atoms with Crippen LogP contribution in [0.15, 0.2) is 84.0 Å². The van der Waals surface area contributed by atoms with Gasteiger partial charge in [0.2, 0.25) is 0 Å². The fourth-order valence-electron chi connectivity index (χ4n) is 3.55. The average Bonchev–Trinajstić information content (AvgIpc) is 3.26. The number of aromatic nitrogens is 2. The molecule has 1 aromatic heterocycles. The first-order valence-electron chi connectivity index (χ1n) is 10.4. The summed E-state index contributed by atoms with van der Waals surface area (Å²) in [5.41, 5.74) is 2.72. The molecule has 1 N–H and O–H groups in total. The molecular formula is C24H23FN4O4S. The van der Waals surface area contributed by atoms with Gasteiger partial charge in [-0.3, -0.25) is 9.63 Å². The third-order valence-corrected chi connectivity index (χ3v) is 7.19. The zero-order valence-corrected chi connectivity index (χ0v) is 19.4. The Morgan fingerprint density at radius 2 is 1.76 bits per heavy atom. The van der Waals surface area contributed by atoms with Gasteiger partial charge in [-0.2, -0.15) is 0 Å². The van der Waals surface area contributed by atoms with E-state index in [0.717, 1.165) is 15.5 Å². The lowest BCUT2D eigenvalue weighted by molar-refractivity contribution is -0.0258. The number of nitrogens with one attached hydrogen (secondary N) is 1. The fourth-order valence-corrected chi connectivity index (χ4v) is 4.52. The maximum atomic E-state index is 13.5. The zero-order chi connectivity index (χ0) is 24.3. The van der Waals surface area contributed by atoms with E-state index < -0.39 is 22.0 Å². The first-order chi connectivity index (χ1) is 16.3. The summed E-state index contributed by atoms with van der Waals surface area (Å²) in [5.74, 6) is -0.775. The maximum Gasteiger partial charge on any atom is 0.264 e. The third-order valence-electron chi connectivity index (χ3n) is 5.49. The Hall–Kier alpha value is -3.60. The highest BCUT2D eigenvalue weighted by Gasteiger charge is 2.22. The molecule has 1 atom stereocenters. The molecule has 4 aromatic rings. The summed E-state index contributed by atoms with van der Waals surface area (Å²) in [6.45, 7) is 0.364. The molecule has 1 unspecified atom stereocenters. The predicted molar refractivity (Wildman–Crippen MR) is 125 cm³/mol. The molecule has 1 heterocycles. The van der Waals surface area contributed by atoms with Crippen LogP contribution in [0.2, 0.25) is 0 Å². The molecule has 0 bridgehead atoms. The SMILES string of the molecule is CON(C)S(=O)(=O)c1ccc(C(=O)NC(Cn2cnc3ccccc32)c2ccc(F)cc2)cc1. The molecule has 8 nitrogen and oxygen atoms in total. The van der Waals surface area contributed by atoms with Crippen molar-refractivity contribution >= 4 is 27.0 Å². The van der Waals surface area contributed by atoms with Gasteiger partial charge in [0.05, 0.1) is 35.4 Å². The molecule has 176 valence electrons. The topological polar surface area (TPSA) is 93.5 Å². The number of nitrogens with zero attached hydrogens (tertiary/aromatic N) is 3. The van der Waals surface area contributed by atoms with E-state index in [2.05, 4.69) is 10.3 Å². The molecule has 1 amide bonds. The molecule has 4 rings (SSSR count). The molecule has 0 fully saturated rings. The Morgan fingerprint density at radius 3 is 2.44 bits per heavy atom. The number of sulfonamides is 1.